The van der Waals surface area contributed by atoms with Gasteiger partial charge in [-0.15, -0.1) is 0 Å². The molecule has 1 saturated carbocycles. The van der Waals surface area contributed by atoms with Crippen molar-refractivity contribution < 1.29 is 14.7 Å². The van der Waals surface area contributed by atoms with Gasteiger partial charge in [-0.05, 0) is 48.1 Å². The van der Waals surface area contributed by atoms with Gasteiger partial charge in [-0.25, -0.2) is 0 Å². The summed E-state index contributed by atoms with van der Waals surface area (Å²) < 4.78 is 0. The van der Waals surface area contributed by atoms with Crippen LogP contribution < -0.4 is 5.32 Å². The molecule has 0 radical (unpaired) electrons. The maximum atomic E-state index is 12.1. The molecule has 1 amide bonds. The van der Waals surface area contributed by atoms with Crippen LogP contribution in [-0.2, 0) is 16.1 Å². The minimum absolute atomic E-state index is 0.0709. The van der Waals surface area contributed by atoms with Crippen LogP contribution in [0.4, 0.5) is 0 Å². The largest absolute Gasteiger partial charge is 0.481 e. The first-order valence-electron chi connectivity index (χ1n) is 7.27. The Morgan fingerprint density at radius 2 is 2.10 bits per heavy atom. The van der Waals surface area contributed by atoms with Gasteiger partial charge in [-0.1, -0.05) is 0 Å². The lowest BCUT2D eigenvalue weighted by atomic mass is 9.86. The number of aliphatic carboxylic acids is 1. The minimum atomic E-state index is -0.694. The van der Waals surface area contributed by atoms with Gasteiger partial charge in [0.2, 0.25) is 5.91 Å². The van der Waals surface area contributed by atoms with E-state index < -0.39 is 5.97 Å². The van der Waals surface area contributed by atoms with Crippen molar-refractivity contribution in [3.63, 3.8) is 0 Å². The van der Waals surface area contributed by atoms with Crippen molar-refractivity contribution >= 4 is 23.2 Å². The maximum absolute atomic E-state index is 12.1. The Kier molecular flexibility index (Phi) is 5.76. The van der Waals surface area contributed by atoms with Gasteiger partial charge in [0, 0.05) is 19.6 Å². The van der Waals surface area contributed by atoms with Crippen molar-refractivity contribution in [3.05, 3.63) is 22.4 Å². The summed E-state index contributed by atoms with van der Waals surface area (Å²) >= 11 is 1.63. The van der Waals surface area contributed by atoms with E-state index in [1.54, 1.807) is 16.2 Å². The number of hydrogen-bond donors (Lipinski definition) is 2. The van der Waals surface area contributed by atoms with E-state index in [1.165, 1.54) is 0 Å². The van der Waals surface area contributed by atoms with Crippen LogP contribution in [0.3, 0.4) is 0 Å². The standard InChI is InChI=1S/C15H22N2O3S/c1-17(9-11-6-7-21-10-11)14(18)8-16-13-4-2-12(3-5-13)15(19)20/h6-7,10,12-13,16H,2-5,8-9H2,1H3,(H,19,20). The summed E-state index contributed by atoms with van der Waals surface area (Å²) in [5.41, 5.74) is 1.15. The Morgan fingerprint density at radius 1 is 1.38 bits per heavy atom. The van der Waals surface area contributed by atoms with E-state index in [1.807, 2.05) is 23.9 Å². The van der Waals surface area contributed by atoms with Gasteiger partial charge in [-0.3, -0.25) is 9.59 Å². The molecule has 1 aliphatic carbocycles. The third kappa shape index (κ3) is 4.82. The molecule has 1 heterocycles. The highest BCUT2D eigenvalue weighted by atomic mass is 32.1. The van der Waals surface area contributed by atoms with Crippen molar-refractivity contribution in [3.8, 4) is 0 Å². The number of carboxylic acids is 1. The van der Waals surface area contributed by atoms with E-state index in [-0.39, 0.29) is 17.9 Å². The van der Waals surface area contributed by atoms with Crippen LogP contribution in [0.5, 0.6) is 0 Å². The van der Waals surface area contributed by atoms with E-state index in [4.69, 9.17) is 5.11 Å². The fourth-order valence-corrected chi connectivity index (χ4v) is 3.32. The average molecular weight is 310 g/mol. The van der Waals surface area contributed by atoms with E-state index in [0.29, 0.717) is 25.9 Å². The van der Waals surface area contributed by atoms with Gasteiger partial charge < -0.3 is 15.3 Å². The molecular weight excluding hydrogens is 288 g/mol. The zero-order valence-electron chi connectivity index (χ0n) is 12.2. The molecule has 6 heteroatoms. The fraction of sp³-hybridized carbons (Fsp3) is 0.600. The number of hydrogen-bond acceptors (Lipinski definition) is 4. The highest BCUT2D eigenvalue weighted by Gasteiger charge is 2.26. The highest BCUT2D eigenvalue weighted by Crippen LogP contribution is 2.24. The van der Waals surface area contributed by atoms with Crippen LogP contribution in [-0.4, -0.2) is 41.5 Å². The van der Waals surface area contributed by atoms with Crippen LogP contribution in [0.1, 0.15) is 31.2 Å². The Bertz CT molecular complexity index is 467. The normalized spacial score (nSPS) is 22.0. The zero-order valence-corrected chi connectivity index (χ0v) is 13.1. The maximum Gasteiger partial charge on any atom is 0.306 e. The van der Waals surface area contributed by atoms with E-state index in [2.05, 4.69) is 5.32 Å². The number of nitrogens with zero attached hydrogens (tertiary/aromatic N) is 1. The molecule has 116 valence electrons. The van der Waals surface area contributed by atoms with Crippen LogP contribution in [0, 0.1) is 5.92 Å². The van der Waals surface area contributed by atoms with Crippen molar-refractivity contribution in [2.45, 2.75) is 38.3 Å². The molecule has 0 bridgehead atoms. The first-order valence-corrected chi connectivity index (χ1v) is 8.21. The summed E-state index contributed by atoms with van der Waals surface area (Å²) in [5, 5.41) is 16.3. The lowest BCUT2D eigenvalue weighted by Crippen LogP contribution is -2.41. The Morgan fingerprint density at radius 3 is 2.67 bits per heavy atom. The molecule has 1 aliphatic rings. The molecule has 1 aromatic rings. The SMILES string of the molecule is CN(Cc1ccsc1)C(=O)CNC1CCC(C(=O)O)CC1. The number of carbonyl (C=O) groups is 2. The topological polar surface area (TPSA) is 69.6 Å². The molecule has 0 aromatic carbocycles. The lowest BCUT2D eigenvalue weighted by Gasteiger charge is -2.27. The van der Waals surface area contributed by atoms with Gasteiger partial charge in [-0.2, -0.15) is 11.3 Å². The quantitative estimate of drug-likeness (QED) is 0.842. The molecule has 5 nitrogen and oxygen atoms in total. The molecule has 0 atom stereocenters. The molecular formula is C15H22N2O3S. The third-order valence-electron chi connectivity index (χ3n) is 4.04. The van der Waals surface area contributed by atoms with Crippen LogP contribution in [0.15, 0.2) is 16.8 Å². The second-order valence-electron chi connectivity index (χ2n) is 5.65. The molecule has 1 fully saturated rings. The average Bonchev–Trinajstić information content (AvgIpc) is 2.98. The minimum Gasteiger partial charge on any atom is -0.481 e. The molecule has 2 rings (SSSR count). The molecule has 0 saturated heterocycles. The summed E-state index contributed by atoms with van der Waals surface area (Å²) in [5.74, 6) is -0.832. The predicted octanol–water partition coefficient (Wildman–Crippen LogP) is 1.94. The van der Waals surface area contributed by atoms with E-state index in [0.717, 1.165) is 18.4 Å². The van der Waals surface area contributed by atoms with Crippen LogP contribution in [0.25, 0.3) is 0 Å². The van der Waals surface area contributed by atoms with Crippen molar-refractivity contribution in [1.82, 2.24) is 10.2 Å². The Labute approximate surface area is 129 Å². The van der Waals surface area contributed by atoms with Gasteiger partial charge in [0.25, 0.3) is 0 Å². The van der Waals surface area contributed by atoms with E-state index in [9.17, 15) is 9.59 Å². The number of nitrogens with one attached hydrogen (secondary N) is 1. The summed E-state index contributed by atoms with van der Waals surface area (Å²) in [6, 6.07) is 2.29. The third-order valence-corrected chi connectivity index (χ3v) is 4.78. The molecule has 0 spiro atoms. The van der Waals surface area contributed by atoms with Gasteiger partial charge in [0.1, 0.15) is 0 Å². The van der Waals surface area contributed by atoms with Gasteiger partial charge in [0.15, 0.2) is 0 Å². The van der Waals surface area contributed by atoms with E-state index >= 15 is 0 Å². The molecule has 0 aliphatic heterocycles. The van der Waals surface area contributed by atoms with Crippen LogP contribution >= 0.6 is 11.3 Å². The second kappa shape index (κ2) is 7.56. The number of carbonyl (C=O) groups excluding carboxylic acids is 1. The fourth-order valence-electron chi connectivity index (χ4n) is 2.66. The Hall–Kier alpha value is -1.40. The summed E-state index contributed by atoms with van der Waals surface area (Å²) in [7, 11) is 1.81. The first kappa shape index (κ1) is 16.0. The van der Waals surface area contributed by atoms with Crippen LogP contribution in [0.2, 0.25) is 0 Å². The number of carboxylic acid groups (broad SMARTS) is 1. The number of rotatable bonds is 6. The lowest BCUT2D eigenvalue weighted by molar-refractivity contribution is -0.143. The molecule has 2 N–H and O–H groups in total. The summed E-state index contributed by atoms with van der Waals surface area (Å²) in [6.07, 6.45) is 3.06. The van der Waals surface area contributed by atoms with Crippen molar-refractivity contribution in [1.29, 1.82) is 0 Å². The number of amides is 1. The molecule has 1 aromatic heterocycles. The smallest absolute Gasteiger partial charge is 0.306 e. The zero-order chi connectivity index (χ0) is 15.2. The van der Waals surface area contributed by atoms with Gasteiger partial charge >= 0.3 is 5.97 Å². The van der Waals surface area contributed by atoms with Gasteiger partial charge in [0.05, 0.1) is 12.5 Å². The predicted molar refractivity (Wildman–Crippen MR) is 82.2 cm³/mol. The monoisotopic (exact) mass is 310 g/mol. The summed E-state index contributed by atoms with van der Waals surface area (Å²) in [4.78, 5) is 24.7. The first-order chi connectivity index (χ1) is 10.1. The second-order valence-corrected chi connectivity index (χ2v) is 6.43. The highest BCUT2D eigenvalue weighted by molar-refractivity contribution is 7.07. The van der Waals surface area contributed by atoms with Crippen molar-refractivity contribution in [2.75, 3.05) is 13.6 Å². The number of thiophene rings is 1. The number of likely N-dealkylation sites (N-methyl/N-ethyl adjacent to an activating group) is 1. The molecule has 21 heavy (non-hydrogen) atoms. The summed E-state index contributed by atoms with van der Waals surface area (Å²) in [6.45, 7) is 0.957. The Balaban J connectivity index is 1.68. The molecule has 0 unspecified atom stereocenters. The van der Waals surface area contributed by atoms with Crippen molar-refractivity contribution in [2.24, 2.45) is 5.92 Å².